The van der Waals surface area contributed by atoms with Crippen molar-refractivity contribution in [3.8, 4) is 11.8 Å². The summed E-state index contributed by atoms with van der Waals surface area (Å²) in [5.74, 6) is 0.449. The Morgan fingerprint density at radius 2 is 1.95 bits per heavy atom. The highest BCUT2D eigenvalue weighted by Gasteiger charge is 2.63. The van der Waals surface area contributed by atoms with Crippen molar-refractivity contribution >= 4 is 0 Å². The van der Waals surface area contributed by atoms with Crippen molar-refractivity contribution in [3.05, 3.63) is 29.8 Å². The summed E-state index contributed by atoms with van der Waals surface area (Å²) in [6.45, 7) is -0.303. The molecule has 0 saturated heterocycles. The lowest BCUT2D eigenvalue weighted by atomic mass is 10.2. The first-order valence-corrected chi connectivity index (χ1v) is 6.49. The number of nitrogens with zero attached hydrogens (tertiary/aromatic N) is 1. The minimum absolute atomic E-state index is 0.0414. The fourth-order valence-electron chi connectivity index (χ4n) is 1.88. The van der Waals surface area contributed by atoms with Gasteiger partial charge in [0, 0.05) is 6.54 Å². The van der Waals surface area contributed by atoms with Gasteiger partial charge in [0.15, 0.2) is 0 Å². The Bertz CT molecular complexity index is 519. The molecule has 1 unspecified atom stereocenters. The molecule has 1 aromatic rings. The third kappa shape index (κ3) is 3.86. The Hall–Kier alpha value is -1.78. The van der Waals surface area contributed by atoms with Crippen LogP contribution in [0.25, 0.3) is 0 Å². The van der Waals surface area contributed by atoms with Gasteiger partial charge in [0.05, 0.1) is 11.6 Å². The minimum Gasteiger partial charge on any atom is -0.491 e. The molecule has 1 fully saturated rings. The van der Waals surface area contributed by atoms with Crippen molar-refractivity contribution < 1.29 is 23.0 Å². The third-order valence-corrected chi connectivity index (χ3v) is 3.39. The van der Waals surface area contributed by atoms with Gasteiger partial charge in [-0.05, 0) is 37.1 Å². The predicted octanol–water partition coefficient (Wildman–Crippen LogP) is 1.98. The van der Waals surface area contributed by atoms with Gasteiger partial charge in [0.25, 0.3) is 0 Å². The molecule has 0 heterocycles. The fourth-order valence-corrected chi connectivity index (χ4v) is 1.88. The first kappa shape index (κ1) is 15.6. The topological polar surface area (TPSA) is 65.3 Å². The molecular formula is C14H15F3N2O2. The van der Waals surface area contributed by atoms with Crippen molar-refractivity contribution in [2.75, 3.05) is 13.2 Å². The largest absolute Gasteiger partial charge is 0.491 e. The van der Waals surface area contributed by atoms with Gasteiger partial charge in [-0.3, -0.25) is 0 Å². The summed E-state index contributed by atoms with van der Waals surface area (Å²) in [6.07, 6.45) is -5.25. The number of benzene rings is 1. The summed E-state index contributed by atoms with van der Waals surface area (Å²) in [5, 5.41) is 20.7. The van der Waals surface area contributed by atoms with Crippen LogP contribution in [0.4, 0.5) is 13.2 Å². The summed E-state index contributed by atoms with van der Waals surface area (Å²) in [6, 6.07) is 8.20. The number of hydrogen-bond donors (Lipinski definition) is 2. The van der Waals surface area contributed by atoms with Crippen LogP contribution in [0.15, 0.2) is 24.3 Å². The molecule has 2 rings (SSSR count). The maximum Gasteiger partial charge on any atom is 0.406 e. The van der Waals surface area contributed by atoms with Gasteiger partial charge in [-0.2, -0.15) is 18.4 Å². The fraction of sp³-hybridized carbons (Fsp3) is 0.500. The van der Waals surface area contributed by atoms with E-state index in [1.54, 1.807) is 24.3 Å². The lowest BCUT2D eigenvalue weighted by molar-refractivity contribution is -0.166. The molecule has 0 spiro atoms. The zero-order valence-electron chi connectivity index (χ0n) is 11.2. The first-order valence-electron chi connectivity index (χ1n) is 6.49. The molecule has 1 aliphatic rings. The summed E-state index contributed by atoms with van der Waals surface area (Å²) >= 11 is 0. The van der Waals surface area contributed by atoms with E-state index in [2.05, 4.69) is 5.32 Å². The van der Waals surface area contributed by atoms with E-state index in [9.17, 15) is 18.3 Å². The Labute approximate surface area is 120 Å². The molecule has 0 radical (unpaired) electrons. The molecule has 1 aromatic carbocycles. The van der Waals surface area contributed by atoms with Gasteiger partial charge < -0.3 is 15.2 Å². The second kappa shape index (κ2) is 5.92. The van der Waals surface area contributed by atoms with Crippen molar-refractivity contribution in [2.24, 2.45) is 0 Å². The first-order chi connectivity index (χ1) is 9.86. The minimum atomic E-state index is -4.29. The highest BCUT2D eigenvalue weighted by atomic mass is 19.4. The number of hydrogen-bond acceptors (Lipinski definition) is 4. The van der Waals surface area contributed by atoms with E-state index in [0.717, 1.165) is 0 Å². The maximum atomic E-state index is 12.7. The monoisotopic (exact) mass is 300 g/mol. The maximum absolute atomic E-state index is 12.7. The Morgan fingerprint density at radius 3 is 2.43 bits per heavy atom. The van der Waals surface area contributed by atoms with Gasteiger partial charge in [-0.1, -0.05) is 0 Å². The molecule has 7 heteroatoms. The SMILES string of the molecule is N#Cc1ccc(OCC(O)CNC2(C(F)(F)F)CC2)cc1. The number of aliphatic hydroxyl groups excluding tert-OH is 1. The Morgan fingerprint density at radius 1 is 1.33 bits per heavy atom. The van der Waals surface area contributed by atoms with Crippen LogP contribution in [0.2, 0.25) is 0 Å². The standard InChI is InChI=1S/C14H15F3N2O2/c15-14(16,17)13(5-6-13)19-8-11(20)9-21-12-3-1-10(7-18)2-4-12/h1-4,11,19-20H,5-6,8-9H2. The van der Waals surface area contributed by atoms with E-state index in [4.69, 9.17) is 10.00 Å². The lowest BCUT2D eigenvalue weighted by Gasteiger charge is -2.22. The molecule has 21 heavy (non-hydrogen) atoms. The number of aliphatic hydroxyl groups is 1. The van der Waals surface area contributed by atoms with Gasteiger partial charge in [0.1, 0.15) is 24.0 Å². The second-order valence-electron chi connectivity index (χ2n) is 5.06. The summed E-state index contributed by atoms with van der Waals surface area (Å²) in [7, 11) is 0. The van der Waals surface area contributed by atoms with Crippen LogP contribution in [-0.4, -0.2) is 36.1 Å². The van der Waals surface area contributed by atoms with Crippen LogP contribution in [-0.2, 0) is 0 Å². The Balaban J connectivity index is 1.75. The predicted molar refractivity (Wildman–Crippen MR) is 68.7 cm³/mol. The molecule has 1 saturated carbocycles. The molecule has 1 aliphatic carbocycles. The van der Waals surface area contributed by atoms with Crippen LogP contribution in [0.5, 0.6) is 5.75 Å². The molecule has 2 N–H and O–H groups in total. The molecule has 0 aliphatic heterocycles. The van der Waals surface area contributed by atoms with Crippen LogP contribution >= 0.6 is 0 Å². The number of ether oxygens (including phenoxy) is 1. The second-order valence-corrected chi connectivity index (χ2v) is 5.06. The highest BCUT2D eigenvalue weighted by Crippen LogP contribution is 2.48. The van der Waals surface area contributed by atoms with Crippen LogP contribution in [0.3, 0.4) is 0 Å². The van der Waals surface area contributed by atoms with Gasteiger partial charge >= 0.3 is 6.18 Å². The van der Waals surface area contributed by atoms with Crippen molar-refractivity contribution in [1.29, 1.82) is 5.26 Å². The molecule has 114 valence electrons. The number of halogens is 3. The number of rotatable bonds is 6. The zero-order valence-corrected chi connectivity index (χ0v) is 11.2. The van der Waals surface area contributed by atoms with Crippen molar-refractivity contribution in [2.45, 2.75) is 30.7 Å². The van der Waals surface area contributed by atoms with Crippen molar-refractivity contribution in [1.82, 2.24) is 5.32 Å². The molecule has 0 amide bonds. The zero-order chi connectivity index (χ0) is 15.5. The van der Waals surface area contributed by atoms with Gasteiger partial charge in [0.2, 0.25) is 0 Å². The molecule has 0 aromatic heterocycles. The lowest BCUT2D eigenvalue weighted by Crippen LogP contribution is -2.48. The van der Waals surface area contributed by atoms with Crippen LogP contribution in [0.1, 0.15) is 18.4 Å². The van der Waals surface area contributed by atoms with E-state index >= 15 is 0 Å². The third-order valence-electron chi connectivity index (χ3n) is 3.39. The number of alkyl halides is 3. The van der Waals surface area contributed by atoms with Gasteiger partial charge in [-0.15, -0.1) is 0 Å². The van der Waals surface area contributed by atoms with Crippen LogP contribution < -0.4 is 10.1 Å². The summed E-state index contributed by atoms with van der Waals surface area (Å²) in [4.78, 5) is 0. The van der Waals surface area contributed by atoms with Crippen molar-refractivity contribution in [3.63, 3.8) is 0 Å². The number of nitrogens with one attached hydrogen (secondary N) is 1. The Kier molecular flexibility index (Phi) is 4.40. The van der Waals surface area contributed by atoms with E-state index in [1.165, 1.54) is 0 Å². The summed E-state index contributed by atoms with van der Waals surface area (Å²) < 4.78 is 43.3. The number of nitriles is 1. The number of β-amino-alcohol motifs (C(OH)–C–C–N with tert-alkyl or cyclic N) is 1. The van der Waals surface area contributed by atoms with E-state index in [-0.39, 0.29) is 26.0 Å². The molecule has 1 atom stereocenters. The molecule has 0 bridgehead atoms. The quantitative estimate of drug-likeness (QED) is 0.843. The summed E-state index contributed by atoms with van der Waals surface area (Å²) in [5.41, 5.74) is -1.35. The van der Waals surface area contributed by atoms with Gasteiger partial charge in [-0.25, -0.2) is 0 Å². The van der Waals surface area contributed by atoms with Crippen LogP contribution in [0, 0.1) is 11.3 Å². The van der Waals surface area contributed by atoms with E-state index in [0.29, 0.717) is 11.3 Å². The highest BCUT2D eigenvalue weighted by molar-refractivity contribution is 5.34. The molecule has 4 nitrogen and oxygen atoms in total. The molecular weight excluding hydrogens is 285 g/mol. The average Bonchev–Trinajstić information content (AvgIpc) is 3.24. The van der Waals surface area contributed by atoms with E-state index in [1.807, 2.05) is 6.07 Å². The van der Waals surface area contributed by atoms with E-state index < -0.39 is 17.8 Å². The smallest absolute Gasteiger partial charge is 0.406 e. The average molecular weight is 300 g/mol. The normalized spacial score (nSPS) is 17.9.